The number of nitrogens with one attached hydrogen (secondary N) is 2. The molecule has 4 nitrogen and oxygen atoms in total. The van der Waals surface area contributed by atoms with E-state index in [1.54, 1.807) is 0 Å². The van der Waals surface area contributed by atoms with E-state index in [9.17, 15) is 18.0 Å². The minimum Gasteiger partial charge on any atom is -0.449 e. The Labute approximate surface area is 144 Å². The van der Waals surface area contributed by atoms with E-state index in [0.717, 1.165) is 24.2 Å². The first kappa shape index (κ1) is 18.8. The fraction of sp³-hybridized carbons (Fsp3) is 0.278. The van der Waals surface area contributed by atoms with Crippen LogP contribution in [0.2, 0.25) is 0 Å². The third-order valence-corrected chi connectivity index (χ3v) is 3.34. The van der Waals surface area contributed by atoms with Crippen molar-refractivity contribution in [3.05, 3.63) is 65.7 Å². The molecule has 1 amide bonds. The third kappa shape index (κ3) is 6.84. The number of hydrogen-bond acceptors (Lipinski definition) is 3. The van der Waals surface area contributed by atoms with Gasteiger partial charge in [-0.25, -0.2) is 4.79 Å². The Morgan fingerprint density at radius 2 is 1.80 bits per heavy atom. The Morgan fingerprint density at radius 3 is 2.52 bits per heavy atom. The molecule has 0 spiro atoms. The van der Waals surface area contributed by atoms with Crippen LogP contribution in [-0.2, 0) is 17.5 Å². The highest BCUT2D eigenvalue weighted by molar-refractivity contribution is 5.84. The number of halogens is 3. The van der Waals surface area contributed by atoms with Gasteiger partial charge in [0, 0.05) is 12.2 Å². The van der Waals surface area contributed by atoms with Crippen molar-refractivity contribution < 1.29 is 22.7 Å². The predicted molar refractivity (Wildman–Crippen MR) is 89.2 cm³/mol. The van der Waals surface area contributed by atoms with Gasteiger partial charge in [-0.2, -0.15) is 13.2 Å². The maximum atomic E-state index is 12.6. The lowest BCUT2D eigenvalue weighted by Crippen LogP contribution is -2.19. The highest BCUT2D eigenvalue weighted by Crippen LogP contribution is 2.30. The number of alkyl halides is 3. The Kier molecular flexibility index (Phi) is 6.82. The average molecular weight is 352 g/mol. The first-order chi connectivity index (χ1) is 11.9. The van der Waals surface area contributed by atoms with Crippen LogP contribution < -0.4 is 10.6 Å². The van der Waals surface area contributed by atoms with E-state index in [1.807, 2.05) is 30.3 Å². The zero-order valence-corrected chi connectivity index (χ0v) is 13.5. The Morgan fingerprint density at radius 1 is 1.04 bits per heavy atom. The van der Waals surface area contributed by atoms with E-state index in [2.05, 4.69) is 10.6 Å². The van der Waals surface area contributed by atoms with Crippen LogP contribution >= 0.6 is 0 Å². The van der Waals surface area contributed by atoms with Gasteiger partial charge in [0.2, 0.25) is 0 Å². The number of amides is 1. The van der Waals surface area contributed by atoms with Crippen LogP contribution in [0.5, 0.6) is 0 Å². The molecule has 2 aromatic carbocycles. The largest absolute Gasteiger partial charge is 0.449 e. The SMILES string of the molecule is O=C(Nc1cccc(C(F)(F)F)c1)OCCCNCc1ccccc1. The molecule has 0 aliphatic rings. The van der Waals surface area contributed by atoms with Crippen molar-refractivity contribution in [3.8, 4) is 0 Å². The normalized spacial score (nSPS) is 11.2. The summed E-state index contributed by atoms with van der Waals surface area (Å²) in [7, 11) is 0. The summed E-state index contributed by atoms with van der Waals surface area (Å²) in [4.78, 5) is 11.6. The number of carbonyl (C=O) groups excluding carboxylic acids is 1. The summed E-state index contributed by atoms with van der Waals surface area (Å²) in [6, 6.07) is 14.3. The first-order valence-corrected chi connectivity index (χ1v) is 7.81. The summed E-state index contributed by atoms with van der Waals surface area (Å²) in [6.45, 7) is 1.55. The van der Waals surface area contributed by atoms with Crippen molar-refractivity contribution in [2.75, 3.05) is 18.5 Å². The van der Waals surface area contributed by atoms with Gasteiger partial charge in [0.15, 0.2) is 0 Å². The van der Waals surface area contributed by atoms with Crippen molar-refractivity contribution >= 4 is 11.8 Å². The monoisotopic (exact) mass is 352 g/mol. The van der Waals surface area contributed by atoms with Crippen molar-refractivity contribution in [2.45, 2.75) is 19.1 Å². The van der Waals surface area contributed by atoms with Crippen LogP contribution in [0.15, 0.2) is 54.6 Å². The number of hydrogen-bond donors (Lipinski definition) is 2. The molecule has 0 saturated carbocycles. The summed E-state index contributed by atoms with van der Waals surface area (Å²) in [5.74, 6) is 0. The molecule has 7 heteroatoms. The van der Waals surface area contributed by atoms with E-state index in [0.29, 0.717) is 13.0 Å². The lowest BCUT2D eigenvalue weighted by Gasteiger charge is -2.10. The van der Waals surface area contributed by atoms with Crippen molar-refractivity contribution in [2.24, 2.45) is 0 Å². The fourth-order valence-corrected chi connectivity index (χ4v) is 2.12. The van der Waals surface area contributed by atoms with Gasteiger partial charge in [0.1, 0.15) is 0 Å². The molecule has 0 radical (unpaired) electrons. The second-order valence-corrected chi connectivity index (χ2v) is 5.36. The van der Waals surface area contributed by atoms with Crippen molar-refractivity contribution in [3.63, 3.8) is 0 Å². The van der Waals surface area contributed by atoms with Crippen LogP contribution in [0.1, 0.15) is 17.5 Å². The molecule has 2 aromatic rings. The van der Waals surface area contributed by atoms with E-state index in [1.165, 1.54) is 12.1 Å². The quantitative estimate of drug-likeness (QED) is 0.725. The molecular weight excluding hydrogens is 333 g/mol. The summed E-state index contributed by atoms with van der Waals surface area (Å²) in [5.41, 5.74) is 0.378. The molecule has 134 valence electrons. The standard InChI is InChI=1S/C18H19F3N2O2/c19-18(20,21)15-8-4-9-16(12-15)23-17(24)25-11-5-10-22-13-14-6-2-1-3-7-14/h1-4,6-9,12,22H,5,10-11,13H2,(H,23,24). The molecule has 0 saturated heterocycles. The molecule has 25 heavy (non-hydrogen) atoms. The fourth-order valence-electron chi connectivity index (χ4n) is 2.12. The molecular formula is C18H19F3N2O2. The Hall–Kier alpha value is -2.54. The molecule has 0 atom stereocenters. The average Bonchev–Trinajstić information content (AvgIpc) is 2.58. The van der Waals surface area contributed by atoms with Crippen LogP contribution in [-0.4, -0.2) is 19.2 Å². The Bertz CT molecular complexity index is 676. The van der Waals surface area contributed by atoms with E-state index >= 15 is 0 Å². The second kappa shape index (κ2) is 9.08. The van der Waals surface area contributed by atoms with Crippen LogP contribution in [0.3, 0.4) is 0 Å². The summed E-state index contributed by atoms with van der Waals surface area (Å²) < 4.78 is 42.7. The lowest BCUT2D eigenvalue weighted by atomic mass is 10.2. The smallest absolute Gasteiger partial charge is 0.416 e. The summed E-state index contributed by atoms with van der Waals surface area (Å²) in [6.07, 6.45) is -4.63. The van der Waals surface area contributed by atoms with Gasteiger partial charge in [-0.1, -0.05) is 36.4 Å². The van der Waals surface area contributed by atoms with Gasteiger partial charge >= 0.3 is 12.3 Å². The van der Waals surface area contributed by atoms with Gasteiger partial charge in [-0.05, 0) is 36.7 Å². The molecule has 0 aliphatic heterocycles. The number of carbonyl (C=O) groups is 1. The second-order valence-electron chi connectivity index (χ2n) is 5.36. The zero-order chi connectivity index (χ0) is 18.1. The molecule has 2 N–H and O–H groups in total. The molecule has 0 aliphatic carbocycles. The summed E-state index contributed by atoms with van der Waals surface area (Å²) >= 11 is 0. The molecule has 0 heterocycles. The van der Waals surface area contributed by atoms with E-state index in [4.69, 9.17) is 4.74 Å². The predicted octanol–water partition coefficient (Wildman–Crippen LogP) is 4.43. The van der Waals surface area contributed by atoms with Gasteiger partial charge in [-0.3, -0.25) is 5.32 Å². The number of benzene rings is 2. The van der Waals surface area contributed by atoms with Crippen LogP contribution in [0.25, 0.3) is 0 Å². The summed E-state index contributed by atoms with van der Waals surface area (Å²) in [5, 5.41) is 5.50. The highest BCUT2D eigenvalue weighted by Gasteiger charge is 2.30. The van der Waals surface area contributed by atoms with E-state index < -0.39 is 17.8 Å². The number of ether oxygens (including phenoxy) is 1. The van der Waals surface area contributed by atoms with Gasteiger partial charge in [0.25, 0.3) is 0 Å². The van der Waals surface area contributed by atoms with E-state index in [-0.39, 0.29) is 12.3 Å². The van der Waals surface area contributed by atoms with Gasteiger partial charge in [-0.15, -0.1) is 0 Å². The van der Waals surface area contributed by atoms with Crippen LogP contribution in [0, 0.1) is 0 Å². The minimum atomic E-state index is -4.45. The Balaban J connectivity index is 1.64. The van der Waals surface area contributed by atoms with Gasteiger partial charge in [0.05, 0.1) is 12.2 Å². The number of rotatable bonds is 7. The molecule has 0 fully saturated rings. The minimum absolute atomic E-state index is 0.0435. The molecule has 0 aromatic heterocycles. The lowest BCUT2D eigenvalue weighted by molar-refractivity contribution is -0.137. The number of anilines is 1. The maximum Gasteiger partial charge on any atom is 0.416 e. The molecule has 0 bridgehead atoms. The third-order valence-electron chi connectivity index (χ3n) is 3.34. The van der Waals surface area contributed by atoms with Crippen LogP contribution in [0.4, 0.5) is 23.7 Å². The molecule has 2 rings (SSSR count). The van der Waals surface area contributed by atoms with Crippen molar-refractivity contribution in [1.29, 1.82) is 0 Å². The van der Waals surface area contributed by atoms with Crippen molar-refractivity contribution in [1.82, 2.24) is 5.32 Å². The molecule has 0 unspecified atom stereocenters. The maximum absolute atomic E-state index is 12.6. The topological polar surface area (TPSA) is 50.4 Å². The van der Waals surface area contributed by atoms with Gasteiger partial charge < -0.3 is 10.1 Å². The highest BCUT2D eigenvalue weighted by atomic mass is 19.4. The first-order valence-electron chi connectivity index (χ1n) is 7.81. The zero-order valence-electron chi connectivity index (χ0n) is 13.5.